The van der Waals surface area contributed by atoms with E-state index in [2.05, 4.69) is 70.4 Å². The van der Waals surface area contributed by atoms with Gasteiger partial charge >= 0.3 is 0 Å². The van der Waals surface area contributed by atoms with Crippen LogP contribution in [0.5, 0.6) is 0 Å². The van der Waals surface area contributed by atoms with Crippen LogP contribution in [0, 0.1) is 6.92 Å². The quantitative estimate of drug-likeness (QED) is 0.673. The lowest BCUT2D eigenvalue weighted by molar-refractivity contribution is 0.0499. The third-order valence-electron chi connectivity index (χ3n) is 5.87. The van der Waals surface area contributed by atoms with Gasteiger partial charge < -0.3 is 5.11 Å². The predicted octanol–water partition coefficient (Wildman–Crippen LogP) is 3.25. The van der Waals surface area contributed by atoms with Crippen molar-refractivity contribution in [3.05, 3.63) is 83.7 Å². The summed E-state index contributed by atoms with van der Waals surface area (Å²) >= 11 is 0. The van der Waals surface area contributed by atoms with Gasteiger partial charge in [0.15, 0.2) is 0 Å². The lowest BCUT2D eigenvalue weighted by atomic mass is 10.0. The van der Waals surface area contributed by atoms with Gasteiger partial charge in [-0.2, -0.15) is 5.10 Å². The number of aliphatic hydroxyl groups is 1. The van der Waals surface area contributed by atoms with Crippen LogP contribution in [0.4, 0.5) is 0 Å². The molecule has 2 heterocycles. The molecule has 1 aliphatic rings. The molecule has 0 radical (unpaired) electrons. The Balaban J connectivity index is 1.41. The Labute approximate surface area is 173 Å². The van der Waals surface area contributed by atoms with Crippen molar-refractivity contribution < 1.29 is 5.11 Å². The van der Waals surface area contributed by atoms with Gasteiger partial charge in [0.1, 0.15) is 0 Å². The number of piperazine rings is 1. The Bertz CT molecular complexity index is 895. The first kappa shape index (κ1) is 19.8. The number of benzene rings is 2. The van der Waals surface area contributed by atoms with Crippen molar-refractivity contribution in [2.24, 2.45) is 0 Å². The Hall–Kier alpha value is -2.47. The molecule has 5 heteroatoms. The highest BCUT2D eigenvalue weighted by atomic mass is 16.3. The van der Waals surface area contributed by atoms with E-state index in [1.165, 1.54) is 16.7 Å². The number of hydrogen-bond acceptors (Lipinski definition) is 4. The maximum absolute atomic E-state index is 9.59. The monoisotopic (exact) mass is 390 g/mol. The Morgan fingerprint density at radius 2 is 1.90 bits per heavy atom. The Morgan fingerprint density at radius 3 is 2.62 bits per heavy atom. The lowest BCUT2D eigenvalue weighted by Gasteiger charge is -2.41. The standard InChI is InChI=1S/C24H30N4O/c1-20-16-23(28-12-5-11-25-28)9-8-22(20)18-26-13-14-27(24(19-26)10-15-29)17-21-6-3-2-4-7-21/h2-9,11-12,16,24,29H,10,13-15,17-19H2,1H3. The maximum atomic E-state index is 9.59. The van der Waals surface area contributed by atoms with Crippen molar-refractivity contribution in [3.8, 4) is 5.69 Å². The largest absolute Gasteiger partial charge is 0.396 e. The summed E-state index contributed by atoms with van der Waals surface area (Å²) in [6.07, 6.45) is 4.60. The fourth-order valence-corrected chi connectivity index (χ4v) is 4.21. The molecule has 0 bridgehead atoms. The highest BCUT2D eigenvalue weighted by Gasteiger charge is 2.26. The third kappa shape index (κ3) is 4.93. The van der Waals surface area contributed by atoms with E-state index < -0.39 is 0 Å². The molecule has 3 aromatic rings. The predicted molar refractivity (Wildman–Crippen MR) is 116 cm³/mol. The zero-order valence-corrected chi connectivity index (χ0v) is 17.1. The SMILES string of the molecule is Cc1cc(-n2cccn2)ccc1CN1CCN(Cc2ccccc2)C(CCO)C1. The van der Waals surface area contributed by atoms with Crippen LogP contribution in [-0.2, 0) is 13.1 Å². The van der Waals surface area contributed by atoms with Gasteiger partial charge in [-0.15, -0.1) is 0 Å². The molecular formula is C24H30N4O. The van der Waals surface area contributed by atoms with E-state index in [0.29, 0.717) is 6.04 Å². The van der Waals surface area contributed by atoms with Gasteiger partial charge in [-0.05, 0) is 48.2 Å². The molecule has 152 valence electrons. The summed E-state index contributed by atoms with van der Waals surface area (Å²) in [6.45, 7) is 7.40. The van der Waals surface area contributed by atoms with E-state index in [0.717, 1.165) is 44.8 Å². The molecule has 0 spiro atoms. The van der Waals surface area contributed by atoms with E-state index >= 15 is 0 Å². The highest BCUT2D eigenvalue weighted by Crippen LogP contribution is 2.21. The Morgan fingerprint density at radius 1 is 1.03 bits per heavy atom. The van der Waals surface area contributed by atoms with Crippen molar-refractivity contribution in [2.45, 2.75) is 32.5 Å². The molecule has 0 saturated carbocycles. The van der Waals surface area contributed by atoms with Gasteiger partial charge in [0.25, 0.3) is 0 Å². The summed E-state index contributed by atoms with van der Waals surface area (Å²) in [5.41, 5.74) is 5.10. The van der Waals surface area contributed by atoms with E-state index in [1.54, 1.807) is 6.20 Å². The second-order valence-corrected chi connectivity index (χ2v) is 7.92. The second kappa shape index (κ2) is 9.35. The molecule has 1 fully saturated rings. The fraction of sp³-hybridized carbons (Fsp3) is 0.375. The molecule has 29 heavy (non-hydrogen) atoms. The normalized spacial score (nSPS) is 18.2. The number of hydrogen-bond donors (Lipinski definition) is 1. The molecule has 4 rings (SSSR count). The second-order valence-electron chi connectivity index (χ2n) is 7.92. The molecule has 1 aliphatic heterocycles. The number of aromatic nitrogens is 2. The molecule has 2 aromatic carbocycles. The first-order valence-corrected chi connectivity index (χ1v) is 10.4. The fourth-order valence-electron chi connectivity index (χ4n) is 4.21. The van der Waals surface area contributed by atoms with Gasteiger partial charge in [0, 0.05) is 57.8 Å². The molecule has 0 aliphatic carbocycles. The average Bonchev–Trinajstić information content (AvgIpc) is 3.27. The first-order chi connectivity index (χ1) is 14.2. The molecule has 1 atom stereocenters. The minimum atomic E-state index is 0.237. The summed E-state index contributed by atoms with van der Waals surface area (Å²) in [7, 11) is 0. The van der Waals surface area contributed by atoms with Crippen molar-refractivity contribution >= 4 is 0 Å². The topological polar surface area (TPSA) is 44.5 Å². The summed E-state index contributed by atoms with van der Waals surface area (Å²) in [5.74, 6) is 0. The van der Waals surface area contributed by atoms with Crippen molar-refractivity contribution in [1.82, 2.24) is 19.6 Å². The zero-order chi connectivity index (χ0) is 20.1. The summed E-state index contributed by atoms with van der Waals surface area (Å²) < 4.78 is 1.90. The van der Waals surface area contributed by atoms with Crippen molar-refractivity contribution in [1.29, 1.82) is 0 Å². The van der Waals surface area contributed by atoms with Crippen LogP contribution in [-0.4, -0.2) is 57.0 Å². The smallest absolute Gasteiger partial charge is 0.0648 e. The average molecular weight is 391 g/mol. The van der Waals surface area contributed by atoms with Gasteiger partial charge in [-0.1, -0.05) is 36.4 Å². The highest BCUT2D eigenvalue weighted by molar-refractivity contribution is 5.39. The van der Waals surface area contributed by atoms with Crippen molar-refractivity contribution in [2.75, 3.05) is 26.2 Å². The van der Waals surface area contributed by atoms with Crippen LogP contribution in [0.15, 0.2) is 67.0 Å². The minimum Gasteiger partial charge on any atom is -0.396 e. The van der Waals surface area contributed by atoms with Gasteiger partial charge in [0.2, 0.25) is 0 Å². The number of aryl methyl sites for hydroxylation is 1. The van der Waals surface area contributed by atoms with E-state index in [1.807, 2.05) is 16.9 Å². The summed E-state index contributed by atoms with van der Waals surface area (Å²) in [6, 6.07) is 19.5. The molecular weight excluding hydrogens is 360 g/mol. The molecule has 5 nitrogen and oxygen atoms in total. The van der Waals surface area contributed by atoms with Crippen molar-refractivity contribution in [3.63, 3.8) is 0 Å². The summed E-state index contributed by atoms with van der Waals surface area (Å²) in [5, 5.41) is 13.9. The zero-order valence-electron chi connectivity index (χ0n) is 17.1. The van der Waals surface area contributed by atoms with Crippen LogP contribution >= 0.6 is 0 Å². The van der Waals surface area contributed by atoms with E-state index in [4.69, 9.17) is 0 Å². The van der Waals surface area contributed by atoms with Crippen LogP contribution in [0.2, 0.25) is 0 Å². The van der Waals surface area contributed by atoms with Crippen LogP contribution in [0.3, 0.4) is 0 Å². The van der Waals surface area contributed by atoms with Gasteiger partial charge in [0.05, 0.1) is 5.69 Å². The molecule has 1 saturated heterocycles. The molecule has 1 aromatic heterocycles. The number of nitrogens with zero attached hydrogens (tertiary/aromatic N) is 4. The van der Waals surface area contributed by atoms with Gasteiger partial charge in [-0.3, -0.25) is 9.80 Å². The maximum Gasteiger partial charge on any atom is 0.0648 e. The first-order valence-electron chi connectivity index (χ1n) is 10.4. The molecule has 1 N–H and O–H groups in total. The van der Waals surface area contributed by atoms with Crippen LogP contribution in [0.25, 0.3) is 5.69 Å². The van der Waals surface area contributed by atoms with E-state index in [9.17, 15) is 5.11 Å². The molecule has 1 unspecified atom stereocenters. The molecule has 0 amide bonds. The van der Waals surface area contributed by atoms with Crippen LogP contribution < -0.4 is 0 Å². The number of rotatable bonds is 7. The van der Waals surface area contributed by atoms with E-state index in [-0.39, 0.29) is 6.61 Å². The number of aliphatic hydroxyl groups excluding tert-OH is 1. The van der Waals surface area contributed by atoms with Gasteiger partial charge in [-0.25, -0.2) is 4.68 Å². The Kier molecular flexibility index (Phi) is 6.39. The minimum absolute atomic E-state index is 0.237. The lowest BCUT2D eigenvalue weighted by Crippen LogP contribution is -2.52. The summed E-state index contributed by atoms with van der Waals surface area (Å²) in [4.78, 5) is 5.05. The van der Waals surface area contributed by atoms with Crippen LogP contribution in [0.1, 0.15) is 23.1 Å². The third-order valence-corrected chi connectivity index (χ3v) is 5.87.